The fourth-order valence-electron chi connectivity index (χ4n) is 7.82. The standard InChI is InChI=1S/C34H49F3N6O4S2/c1-49(46,47)41-19-11-30-28(23-41)33(38-43(30)14-3-12-39-17-9-27(10-18-39)42-13-2-4-32(42)45)26-5-6-29(34(35,36)37)31(22-26)48-21-20-40-15-7-25(24-44)8-16-40/h5-6,22,25,27,44H,2-4,7-21,23-24H2,1H3. The zero-order valence-electron chi connectivity index (χ0n) is 28.3. The molecule has 6 rings (SSSR count). The van der Waals surface area contributed by atoms with Gasteiger partial charge in [-0.3, -0.25) is 9.48 Å². The quantitative estimate of drug-likeness (QED) is 0.326. The molecule has 0 atom stereocenters. The molecule has 0 radical (unpaired) electrons. The summed E-state index contributed by atoms with van der Waals surface area (Å²) >= 11 is 1.19. The van der Waals surface area contributed by atoms with Crippen LogP contribution in [0.3, 0.4) is 0 Å². The number of hydrogen-bond donors (Lipinski definition) is 1. The van der Waals surface area contributed by atoms with Crippen LogP contribution in [0.1, 0.15) is 61.8 Å². The molecule has 0 saturated carbocycles. The Hall–Kier alpha value is -2.17. The lowest BCUT2D eigenvalue weighted by molar-refractivity contribution is -0.139. The van der Waals surface area contributed by atoms with Gasteiger partial charge in [0.05, 0.1) is 17.5 Å². The number of alkyl halides is 3. The monoisotopic (exact) mass is 726 g/mol. The van der Waals surface area contributed by atoms with Crippen LogP contribution in [0.5, 0.6) is 0 Å². The molecule has 1 aromatic carbocycles. The maximum absolute atomic E-state index is 14.2. The number of fused-ring (bicyclic) bond motifs is 1. The molecule has 0 spiro atoms. The van der Waals surface area contributed by atoms with Crippen molar-refractivity contribution in [2.24, 2.45) is 5.92 Å². The number of aliphatic hydroxyl groups excluding tert-OH is 1. The first-order valence-corrected chi connectivity index (χ1v) is 20.5. The summed E-state index contributed by atoms with van der Waals surface area (Å²) in [5.74, 6) is 1.07. The van der Waals surface area contributed by atoms with Gasteiger partial charge in [-0.2, -0.15) is 22.6 Å². The lowest BCUT2D eigenvalue weighted by atomic mass is 9.98. The van der Waals surface area contributed by atoms with Crippen LogP contribution in [0.15, 0.2) is 23.1 Å². The number of halogens is 3. The fourth-order valence-corrected chi connectivity index (χ4v) is 9.73. The number of aryl methyl sites for hydroxylation is 1. The van der Waals surface area contributed by atoms with E-state index in [1.54, 1.807) is 6.07 Å². The van der Waals surface area contributed by atoms with E-state index in [4.69, 9.17) is 5.10 Å². The first-order chi connectivity index (χ1) is 23.4. The second-order valence-corrected chi connectivity index (χ2v) is 17.1. The van der Waals surface area contributed by atoms with Crippen LogP contribution in [0.2, 0.25) is 0 Å². The van der Waals surface area contributed by atoms with E-state index in [9.17, 15) is 31.5 Å². The largest absolute Gasteiger partial charge is 0.417 e. The Balaban J connectivity index is 1.17. The minimum Gasteiger partial charge on any atom is -0.396 e. The highest BCUT2D eigenvalue weighted by Crippen LogP contribution is 2.40. The summed E-state index contributed by atoms with van der Waals surface area (Å²) in [5, 5.41) is 14.4. The summed E-state index contributed by atoms with van der Waals surface area (Å²) in [4.78, 5) is 19.1. The smallest absolute Gasteiger partial charge is 0.396 e. The van der Waals surface area contributed by atoms with Gasteiger partial charge in [0.15, 0.2) is 0 Å². The van der Waals surface area contributed by atoms with Crippen molar-refractivity contribution in [1.82, 2.24) is 28.8 Å². The van der Waals surface area contributed by atoms with E-state index in [0.717, 1.165) is 95.1 Å². The highest BCUT2D eigenvalue weighted by molar-refractivity contribution is 7.99. The van der Waals surface area contributed by atoms with E-state index in [1.807, 2.05) is 4.68 Å². The number of likely N-dealkylation sites (tertiary alicyclic amines) is 3. The maximum Gasteiger partial charge on any atom is 0.417 e. The molecule has 1 N–H and O–H groups in total. The number of rotatable bonds is 12. The van der Waals surface area contributed by atoms with Gasteiger partial charge in [0.1, 0.15) is 0 Å². The summed E-state index contributed by atoms with van der Waals surface area (Å²) < 4.78 is 70.9. The van der Waals surface area contributed by atoms with Crippen molar-refractivity contribution in [3.05, 3.63) is 35.0 Å². The van der Waals surface area contributed by atoms with Crippen LogP contribution >= 0.6 is 11.8 Å². The molecule has 2 aromatic rings. The van der Waals surface area contributed by atoms with Crippen LogP contribution in [0, 0.1) is 5.92 Å². The third-order valence-corrected chi connectivity index (χ3v) is 13.0. The van der Waals surface area contributed by atoms with Gasteiger partial charge >= 0.3 is 6.18 Å². The van der Waals surface area contributed by atoms with Crippen molar-refractivity contribution in [1.29, 1.82) is 0 Å². The van der Waals surface area contributed by atoms with Crippen LogP contribution in [-0.2, 0) is 40.5 Å². The summed E-state index contributed by atoms with van der Waals surface area (Å²) in [6.45, 7) is 7.21. The second kappa shape index (κ2) is 15.6. The number of aliphatic hydroxyl groups is 1. The third-order valence-electron chi connectivity index (χ3n) is 10.7. The average Bonchev–Trinajstić information content (AvgIpc) is 3.67. The third kappa shape index (κ3) is 8.83. The number of hydrogen-bond acceptors (Lipinski definition) is 8. The number of carbonyl (C=O) groups excluding carboxylic acids is 1. The van der Waals surface area contributed by atoms with Crippen molar-refractivity contribution < 1.29 is 31.5 Å². The van der Waals surface area contributed by atoms with Crippen molar-refractivity contribution in [2.45, 2.75) is 81.6 Å². The Morgan fingerprint density at radius 3 is 2.33 bits per heavy atom. The Morgan fingerprint density at radius 2 is 1.67 bits per heavy atom. The van der Waals surface area contributed by atoms with Crippen LogP contribution in [0.25, 0.3) is 11.3 Å². The van der Waals surface area contributed by atoms with Gasteiger partial charge in [0, 0.05) is 98.8 Å². The summed E-state index contributed by atoms with van der Waals surface area (Å²) in [6, 6.07) is 4.51. The minimum absolute atomic E-state index is 0.138. The highest BCUT2D eigenvalue weighted by atomic mass is 32.2. The van der Waals surface area contributed by atoms with E-state index >= 15 is 0 Å². The average molecular weight is 727 g/mol. The molecule has 3 fully saturated rings. The van der Waals surface area contributed by atoms with Gasteiger partial charge in [-0.25, -0.2) is 8.42 Å². The van der Waals surface area contributed by atoms with Crippen molar-refractivity contribution in [2.75, 3.05) is 71.0 Å². The number of thioether (sulfide) groups is 1. The topological polar surface area (TPSA) is 102 Å². The Bertz CT molecular complexity index is 1570. The fraction of sp³-hybridized carbons (Fsp3) is 0.706. The molecule has 15 heteroatoms. The molecule has 4 aliphatic heterocycles. The van der Waals surface area contributed by atoms with Gasteiger partial charge in [-0.05, 0) is 76.2 Å². The van der Waals surface area contributed by atoms with E-state index in [1.165, 1.54) is 28.4 Å². The van der Waals surface area contributed by atoms with Gasteiger partial charge in [0.25, 0.3) is 0 Å². The summed E-state index contributed by atoms with van der Waals surface area (Å²) in [7, 11) is -3.47. The lowest BCUT2D eigenvalue weighted by Gasteiger charge is -2.36. The van der Waals surface area contributed by atoms with Crippen molar-refractivity contribution >= 4 is 27.7 Å². The van der Waals surface area contributed by atoms with Crippen molar-refractivity contribution in [3.8, 4) is 11.3 Å². The predicted octanol–water partition coefficient (Wildman–Crippen LogP) is 4.16. The van der Waals surface area contributed by atoms with Crippen LogP contribution < -0.4 is 0 Å². The molecule has 0 unspecified atom stereocenters. The number of benzene rings is 1. The number of nitrogens with zero attached hydrogens (tertiary/aromatic N) is 6. The summed E-state index contributed by atoms with van der Waals surface area (Å²) in [6.07, 6.45) is 3.35. The molecule has 1 aromatic heterocycles. The molecule has 1 amide bonds. The second-order valence-electron chi connectivity index (χ2n) is 14.0. The number of sulfonamides is 1. The Labute approximate surface area is 292 Å². The first kappa shape index (κ1) is 36.6. The molecule has 0 aliphatic carbocycles. The van der Waals surface area contributed by atoms with Crippen molar-refractivity contribution in [3.63, 3.8) is 0 Å². The molecule has 272 valence electrons. The van der Waals surface area contributed by atoms with Gasteiger partial charge in [0.2, 0.25) is 15.9 Å². The van der Waals surface area contributed by atoms with E-state index < -0.39 is 21.8 Å². The normalized spacial score (nSPS) is 21.2. The van der Waals surface area contributed by atoms with Crippen LogP contribution in [-0.4, -0.2) is 125 Å². The minimum atomic E-state index is -4.51. The highest BCUT2D eigenvalue weighted by Gasteiger charge is 2.35. The van der Waals surface area contributed by atoms with E-state index in [0.29, 0.717) is 61.4 Å². The number of piperidine rings is 2. The molecule has 3 saturated heterocycles. The van der Waals surface area contributed by atoms with Gasteiger partial charge in [-0.1, -0.05) is 6.07 Å². The first-order valence-electron chi connectivity index (χ1n) is 17.6. The number of amides is 1. The molecule has 10 nitrogen and oxygen atoms in total. The van der Waals surface area contributed by atoms with E-state index in [2.05, 4.69) is 14.7 Å². The Kier molecular flexibility index (Phi) is 11.7. The molecule has 0 bridgehead atoms. The molecule has 49 heavy (non-hydrogen) atoms. The molecule has 4 aliphatic rings. The molecular formula is C34H49F3N6O4S2. The summed E-state index contributed by atoms with van der Waals surface area (Å²) in [5.41, 5.74) is 2.13. The number of aromatic nitrogens is 2. The zero-order valence-corrected chi connectivity index (χ0v) is 30.0. The predicted molar refractivity (Wildman–Crippen MR) is 184 cm³/mol. The number of carbonyl (C=O) groups is 1. The zero-order chi connectivity index (χ0) is 34.8. The lowest BCUT2D eigenvalue weighted by Crippen LogP contribution is -2.45. The maximum atomic E-state index is 14.2. The van der Waals surface area contributed by atoms with E-state index in [-0.39, 0.29) is 24.0 Å². The molecule has 5 heterocycles. The van der Waals surface area contributed by atoms with Crippen LogP contribution in [0.4, 0.5) is 13.2 Å². The van der Waals surface area contributed by atoms with Gasteiger partial charge < -0.3 is 19.8 Å². The SMILES string of the molecule is CS(=O)(=O)N1CCc2c(c(-c3ccc(C(F)(F)F)c(SCCN4CCC(CO)CC4)c3)nn2CCCN2CCC(N3CCCC3=O)CC2)C1. The molecular weight excluding hydrogens is 678 g/mol. The Morgan fingerprint density at radius 1 is 0.959 bits per heavy atom. The van der Waals surface area contributed by atoms with Gasteiger partial charge in [-0.15, -0.1) is 11.8 Å².